The van der Waals surface area contributed by atoms with E-state index in [0.29, 0.717) is 45.2 Å². The van der Waals surface area contributed by atoms with E-state index in [1.165, 1.54) is 5.39 Å². The first-order valence-corrected chi connectivity index (χ1v) is 12.5. The van der Waals surface area contributed by atoms with E-state index in [9.17, 15) is 9.90 Å². The van der Waals surface area contributed by atoms with Crippen molar-refractivity contribution in [3.63, 3.8) is 0 Å². The SMILES string of the molecule is O=C(C=Cc1ccccc1OCC(O)CNCCCOc1ccc2ccccc2c1)N1CCOCC1. The number of nitrogens with zero attached hydrogens (tertiary/aromatic N) is 1. The van der Waals surface area contributed by atoms with E-state index in [1.54, 1.807) is 17.1 Å². The monoisotopic (exact) mass is 490 g/mol. The van der Waals surface area contributed by atoms with Gasteiger partial charge in [-0.3, -0.25) is 4.79 Å². The predicted molar refractivity (Wildman–Crippen MR) is 141 cm³/mol. The molecule has 4 rings (SSSR count). The van der Waals surface area contributed by atoms with Crippen LogP contribution in [0.2, 0.25) is 0 Å². The smallest absolute Gasteiger partial charge is 0.246 e. The fourth-order valence-electron chi connectivity index (χ4n) is 3.96. The van der Waals surface area contributed by atoms with Crippen molar-refractivity contribution in [3.05, 3.63) is 78.4 Å². The topological polar surface area (TPSA) is 80.3 Å². The molecule has 0 radical (unpaired) electrons. The maximum absolute atomic E-state index is 12.4. The Labute approximate surface area is 212 Å². The Morgan fingerprint density at radius 1 is 1.03 bits per heavy atom. The Morgan fingerprint density at radius 2 is 1.81 bits per heavy atom. The van der Waals surface area contributed by atoms with Gasteiger partial charge in [0.15, 0.2) is 0 Å². The molecule has 0 spiro atoms. The molecule has 1 saturated heterocycles. The van der Waals surface area contributed by atoms with Crippen molar-refractivity contribution in [2.45, 2.75) is 12.5 Å². The van der Waals surface area contributed by atoms with Gasteiger partial charge < -0.3 is 29.5 Å². The molecule has 36 heavy (non-hydrogen) atoms. The number of rotatable bonds is 12. The third-order valence-corrected chi connectivity index (χ3v) is 5.95. The highest BCUT2D eigenvalue weighted by molar-refractivity contribution is 5.92. The summed E-state index contributed by atoms with van der Waals surface area (Å²) in [6.07, 6.45) is 3.49. The first kappa shape index (κ1) is 25.7. The summed E-state index contributed by atoms with van der Waals surface area (Å²) in [4.78, 5) is 14.1. The largest absolute Gasteiger partial charge is 0.494 e. The summed E-state index contributed by atoms with van der Waals surface area (Å²) in [6, 6.07) is 21.8. The van der Waals surface area contributed by atoms with Crippen molar-refractivity contribution in [2.75, 3.05) is 52.6 Å². The molecule has 1 heterocycles. The Bertz CT molecular complexity index is 1140. The van der Waals surface area contributed by atoms with Crippen LogP contribution in [-0.2, 0) is 9.53 Å². The molecule has 0 aliphatic carbocycles. The molecule has 0 bridgehead atoms. The number of carbonyl (C=O) groups is 1. The lowest BCUT2D eigenvalue weighted by molar-refractivity contribution is -0.129. The number of morpholine rings is 1. The summed E-state index contributed by atoms with van der Waals surface area (Å²) >= 11 is 0. The highest BCUT2D eigenvalue weighted by atomic mass is 16.5. The third kappa shape index (κ3) is 7.81. The van der Waals surface area contributed by atoms with Crippen molar-refractivity contribution < 1.29 is 24.1 Å². The molecule has 3 aromatic carbocycles. The standard InChI is InChI=1S/C29H34N2O5/c32-26(21-30-14-5-17-35-27-12-10-23-6-1-2-8-25(23)20-27)22-36-28-9-4-3-7-24(28)11-13-29(33)31-15-18-34-19-16-31/h1-4,6-13,20,26,30,32H,5,14-19,21-22H2. The summed E-state index contributed by atoms with van der Waals surface area (Å²) < 4.78 is 17.0. The van der Waals surface area contributed by atoms with Gasteiger partial charge in [-0.1, -0.05) is 48.5 Å². The third-order valence-electron chi connectivity index (χ3n) is 5.95. The fourth-order valence-corrected chi connectivity index (χ4v) is 3.96. The van der Waals surface area contributed by atoms with E-state index < -0.39 is 6.10 Å². The molecule has 1 unspecified atom stereocenters. The average molecular weight is 491 g/mol. The number of para-hydroxylation sites is 1. The lowest BCUT2D eigenvalue weighted by Gasteiger charge is -2.25. The molecule has 1 atom stereocenters. The van der Waals surface area contributed by atoms with Crippen LogP contribution in [0.4, 0.5) is 0 Å². The van der Waals surface area contributed by atoms with Gasteiger partial charge in [-0.15, -0.1) is 0 Å². The molecule has 190 valence electrons. The first-order chi connectivity index (χ1) is 17.7. The van der Waals surface area contributed by atoms with Gasteiger partial charge >= 0.3 is 0 Å². The maximum Gasteiger partial charge on any atom is 0.246 e. The van der Waals surface area contributed by atoms with Gasteiger partial charge in [0.05, 0.1) is 19.8 Å². The van der Waals surface area contributed by atoms with Gasteiger partial charge in [-0.2, -0.15) is 0 Å². The van der Waals surface area contributed by atoms with Crippen molar-refractivity contribution in [1.29, 1.82) is 0 Å². The molecular formula is C29H34N2O5. The van der Waals surface area contributed by atoms with E-state index in [-0.39, 0.29) is 12.5 Å². The van der Waals surface area contributed by atoms with Gasteiger partial charge in [0.25, 0.3) is 0 Å². The zero-order valence-electron chi connectivity index (χ0n) is 20.5. The molecule has 1 amide bonds. The van der Waals surface area contributed by atoms with Gasteiger partial charge in [0, 0.05) is 31.3 Å². The van der Waals surface area contributed by atoms with E-state index in [4.69, 9.17) is 14.2 Å². The van der Waals surface area contributed by atoms with Crippen LogP contribution >= 0.6 is 0 Å². The van der Waals surface area contributed by atoms with Gasteiger partial charge in [0.1, 0.15) is 24.2 Å². The normalized spacial score (nSPS) is 14.8. The van der Waals surface area contributed by atoms with Crippen LogP contribution in [0.1, 0.15) is 12.0 Å². The summed E-state index contributed by atoms with van der Waals surface area (Å²) in [7, 11) is 0. The summed E-state index contributed by atoms with van der Waals surface area (Å²) in [5.74, 6) is 1.45. The Balaban J connectivity index is 1.13. The molecule has 0 saturated carbocycles. The number of carbonyl (C=O) groups excluding carboxylic acids is 1. The van der Waals surface area contributed by atoms with Crippen molar-refractivity contribution in [1.82, 2.24) is 10.2 Å². The molecule has 1 aliphatic heterocycles. The van der Waals surface area contributed by atoms with Gasteiger partial charge in [-0.25, -0.2) is 0 Å². The van der Waals surface area contributed by atoms with E-state index in [0.717, 1.165) is 29.7 Å². The number of hydrogen-bond donors (Lipinski definition) is 2. The van der Waals surface area contributed by atoms with Crippen LogP contribution < -0.4 is 14.8 Å². The highest BCUT2D eigenvalue weighted by Gasteiger charge is 2.14. The zero-order valence-corrected chi connectivity index (χ0v) is 20.5. The van der Waals surface area contributed by atoms with E-state index in [2.05, 4.69) is 29.6 Å². The number of amides is 1. The van der Waals surface area contributed by atoms with Crippen LogP contribution in [0.15, 0.2) is 72.8 Å². The fraction of sp³-hybridized carbons (Fsp3) is 0.345. The zero-order chi connectivity index (χ0) is 25.0. The Kier molecular flexibility index (Phi) is 9.73. The second kappa shape index (κ2) is 13.6. The van der Waals surface area contributed by atoms with Crippen molar-refractivity contribution in [2.24, 2.45) is 0 Å². The minimum atomic E-state index is -0.654. The Hall–Kier alpha value is -3.39. The van der Waals surface area contributed by atoms with Crippen LogP contribution in [0.3, 0.4) is 0 Å². The Morgan fingerprint density at radius 3 is 2.67 bits per heavy atom. The molecule has 7 nitrogen and oxygen atoms in total. The molecular weight excluding hydrogens is 456 g/mol. The lowest BCUT2D eigenvalue weighted by atomic mass is 10.1. The molecule has 1 aliphatic rings. The highest BCUT2D eigenvalue weighted by Crippen LogP contribution is 2.21. The maximum atomic E-state index is 12.4. The van der Waals surface area contributed by atoms with Crippen LogP contribution in [0, 0.1) is 0 Å². The van der Waals surface area contributed by atoms with Crippen molar-refractivity contribution in [3.8, 4) is 11.5 Å². The minimum Gasteiger partial charge on any atom is -0.494 e. The number of benzene rings is 3. The number of fused-ring (bicyclic) bond motifs is 1. The number of hydrogen-bond acceptors (Lipinski definition) is 6. The second-order valence-corrected chi connectivity index (χ2v) is 8.69. The number of aliphatic hydroxyl groups excluding tert-OH is 1. The molecule has 3 aromatic rings. The lowest BCUT2D eigenvalue weighted by Crippen LogP contribution is -2.39. The van der Waals surface area contributed by atoms with E-state index >= 15 is 0 Å². The summed E-state index contributed by atoms with van der Waals surface area (Å²) in [6.45, 7) is 4.26. The average Bonchev–Trinajstić information content (AvgIpc) is 2.93. The quantitative estimate of drug-likeness (QED) is 0.299. The molecule has 2 N–H and O–H groups in total. The summed E-state index contributed by atoms with van der Waals surface area (Å²) in [5.41, 5.74) is 0.796. The number of nitrogens with one attached hydrogen (secondary N) is 1. The summed E-state index contributed by atoms with van der Waals surface area (Å²) in [5, 5.41) is 15.9. The minimum absolute atomic E-state index is 0.0399. The second-order valence-electron chi connectivity index (χ2n) is 8.69. The van der Waals surface area contributed by atoms with Gasteiger partial charge in [-0.05, 0) is 48.0 Å². The number of ether oxygens (including phenoxy) is 3. The van der Waals surface area contributed by atoms with Gasteiger partial charge in [0.2, 0.25) is 5.91 Å². The molecule has 7 heteroatoms. The number of aliphatic hydroxyl groups is 1. The first-order valence-electron chi connectivity index (χ1n) is 12.5. The van der Waals surface area contributed by atoms with Crippen molar-refractivity contribution >= 4 is 22.8 Å². The molecule has 0 aromatic heterocycles. The van der Waals surface area contributed by atoms with Crippen LogP contribution in [0.25, 0.3) is 16.8 Å². The van der Waals surface area contributed by atoms with E-state index in [1.807, 2.05) is 42.5 Å². The predicted octanol–water partition coefficient (Wildman–Crippen LogP) is 3.51. The van der Waals surface area contributed by atoms with Crippen LogP contribution in [-0.4, -0.2) is 74.6 Å². The van der Waals surface area contributed by atoms with Crippen LogP contribution in [0.5, 0.6) is 11.5 Å². The molecule has 1 fully saturated rings.